The quantitative estimate of drug-likeness (QED) is 0.445. The molecule has 0 saturated carbocycles. The molecule has 7 nitrogen and oxygen atoms in total. The molecule has 0 radical (unpaired) electrons. The third-order valence-corrected chi connectivity index (χ3v) is 6.43. The highest BCUT2D eigenvalue weighted by Crippen LogP contribution is 2.19. The van der Waals surface area contributed by atoms with E-state index in [9.17, 15) is 13.2 Å². The van der Waals surface area contributed by atoms with Gasteiger partial charge in [0, 0.05) is 11.1 Å². The van der Waals surface area contributed by atoms with E-state index in [-0.39, 0.29) is 22.2 Å². The van der Waals surface area contributed by atoms with Crippen LogP contribution in [0, 0.1) is 0 Å². The van der Waals surface area contributed by atoms with Gasteiger partial charge >= 0.3 is 0 Å². The van der Waals surface area contributed by atoms with E-state index in [1.54, 1.807) is 47.3 Å². The molecule has 4 aromatic rings. The minimum absolute atomic E-state index is 0.0116. The van der Waals surface area contributed by atoms with Gasteiger partial charge in [-0.05, 0) is 42.0 Å². The molecule has 4 rings (SSSR count). The van der Waals surface area contributed by atoms with Crippen LogP contribution in [-0.4, -0.2) is 24.1 Å². The molecule has 0 fully saturated rings. The second kappa shape index (κ2) is 8.79. The highest BCUT2D eigenvalue weighted by molar-refractivity contribution is 7.90. The molecular formula is C22H18ClN3O4S. The van der Waals surface area contributed by atoms with Gasteiger partial charge in [-0.2, -0.15) is 5.10 Å². The summed E-state index contributed by atoms with van der Waals surface area (Å²) in [6, 6.07) is 20.0. The van der Waals surface area contributed by atoms with Gasteiger partial charge < -0.3 is 9.73 Å². The number of sulfone groups is 1. The van der Waals surface area contributed by atoms with E-state index in [0.717, 1.165) is 5.56 Å². The summed E-state index contributed by atoms with van der Waals surface area (Å²) in [5.74, 6) is -0.157. The number of furan rings is 1. The smallest absolute Gasteiger partial charge is 0.292 e. The summed E-state index contributed by atoms with van der Waals surface area (Å²) in [5, 5.41) is 7.60. The van der Waals surface area contributed by atoms with Gasteiger partial charge in [-0.1, -0.05) is 41.9 Å². The monoisotopic (exact) mass is 455 g/mol. The Morgan fingerprint density at radius 2 is 1.74 bits per heavy atom. The Balaban J connectivity index is 1.44. The molecular weight excluding hydrogens is 438 g/mol. The fourth-order valence-electron chi connectivity index (χ4n) is 2.98. The van der Waals surface area contributed by atoms with Crippen LogP contribution < -0.4 is 5.32 Å². The van der Waals surface area contributed by atoms with Crippen molar-refractivity contribution >= 4 is 33.2 Å². The van der Waals surface area contributed by atoms with Crippen molar-refractivity contribution in [3.8, 4) is 0 Å². The number of nitrogens with one attached hydrogen (secondary N) is 1. The predicted octanol–water partition coefficient (Wildman–Crippen LogP) is 4.40. The Morgan fingerprint density at radius 3 is 2.48 bits per heavy atom. The Kier molecular flexibility index (Phi) is 5.92. The van der Waals surface area contributed by atoms with Gasteiger partial charge in [-0.25, -0.2) is 13.1 Å². The number of rotatable bonds is 7. The van der Waals surface area contributed by atoms with Gasteiger partial charge in [0.2, 0.25) is 0 Å². The van der Waals surface area contributed by atoms with Crippen LogP contribution in [0.5, 0.6) is 0 Å². The van der Waals surface area contributed by atoms with Crippen LogP contribution in [0.4, 0.5) is 5.82 Å². The van der Waals surface area contributed by atoms with Gasteiger partial charge in [0.25, 0.3) is 5.91 Å². The van der Waals surface area contributed by atoms with Crippen LogP contribution in [0.1, 0.15) is 21.9 Å². The zero-order valence-electron chi connectivity index (χ0n) is 16.2. The van der Waals surface area contributed by atoms with Crippen LogP contribution in [0.2, 0.25) is 5.02 Å². The van der Waals surface area contributed by atoms with Crippen LogP contribution in [0.15, 0.2) is 88.3 Å². The standard InChI is InChI=1S/C22H18ClN3O4S/c23-17-8-6-16(7-9-17)14-26-21(12-13-24-26)25-22(27)20-11-10-18(30-20)15-31(28,29)19-4-2-1-3-5-19/h1-13H,14-15H2,(H,25,27). The topological polar surface area (TPSA) is 94.2 Å². The van der Waals surface area contributed by atoms with E-state index in [1.807, 2.05) is 12.1 Å². The first-order valence-electron chi connectivity index (χ1n) is 9.35. The maximum Gasteiger partial charge on any atom is 0.292 e. The lowest BCUT2D eigenvalue weighted by atomic mass is 10.2. The van der Waals surface area contributed by atoms with Crippen molar-refractivity contribution in [1.82, 2.24) is 9.78 Å². The highest BCUT2D eigenvalue weighted by atomic mass is 35.5. The summed E-state index contributed by atoms with van der Waals surface area (Å²) >= 11 is 5.91. The van der Waals surface area contributed by atoms with E-state index in [1.165, 1.54) is 24.3 Å². The molecule has 0 bridgehead atoms. The number of amides is 1. The van der Waals surface area contributed by atoms with E-state index >= 15 is 0 Å². The molecule has 0 atom stereocenters. The summed E-state index contributed by atoms with van der Waals surface area (Å²) in [4.78, 5) is 12.8. The van der Waals surface area contributed by atoms with Crippen LogP contribution in [0.3, 0.4) is 0 Å². The summed E-state index contributed by atoms with van der Waals surface area (Å²) in [5.41, 5.74) is 0.968. The summed E-state index contributed by atoms with van der Waals surface area (Å²) < 4.78 is 32.1. The SMILES string of the molecule is O=C(Nc1ccnn1Cc1ccc(Cl)cc1)c1ccc(CS(=O)(=O)c2ccccc2)o1. The molecule has 0 saturated heterocycles. The minimum Gasteiger partial charge on any atom is -0.455 e. The number of anilines is 1. The van der Waals surface area contributed by atoms with Gasteiger partial charge in [-0.3, -0.25) is 4.79 Å². The van der Waals surface area contributed by atoms with Crippen LogP contribution >= 0.6 is 11.6 Å². The lowest BCUT2D eigenvalue weighted by Crippen LogP contribution is -2.15. The fourth-order valence-corrected chi connectivity index (χ4v) is 4.38. The zero-order chi connectivity index (χ0) is 21.8. The van der Waals surface area contributed by atoms with Crippen LogP contribution in [0.25, 0.3) is 0 Å². The molecule has 158 valence electrons. The maximum atomic E-state index is 12.6. The lowest BCUT2D eigenvalue weighted by Gasteiger charge is -2.08. The van der Waals surface area contributed by atoms with E-state index in [4.69, 9.17) is 16.0 Å². The molecule has 2 aromatic heterocycles. The summed E-state index contributed by atoms with van der Waals surface area (Å²) in [6.45, 7) is 0.443. The van der Waals surface area contributed by atoms with Crippen molar-refractivity contribution < 1.29 is 17.6 Å². The predicted molar refractivity (Wildman–Crippen MR) is 117 cm³/mol. The average molecular weight is 456 g/mol. The van der Waals surface area contributed by atoms with E-state index < -0.39 is 15.7 Å². The number of benzene rings is 2. The molecule has 2 heterocycles. The number of aromatic nitrogens is 2. The van der Waals surface area contributed by atoms with Crippen molar-refractivity contribution in [2.45, 2.75) is 17.2 Å². The second-order valence-electron chi connectivity index (χ2n) is 6.79. The molecule has 1 N–H and O–H groups in total. The molecule has 9 heteroatoms. The van der Waals surface area contributed by atoms with Gasteiger partial charge in [0.05, 0.1) is 17.6 Å². The Hall–Kier alpha value is -3.36. The van der Waals surface area contributed by atoms with Gasteiger partial charge in [-0.15, -0.1) is 0 Å². The first kappa shape index (κ1) is 20.9. The first-order valence-corrected chi connectivity index (χ1v) is 11.4. The minimum atomic E-state index is -3.57. The number of carbonyl (C=O) groups excluding carboxylic acids is 1. The van der Waals surface area contributed by atoms with Crippen molar-refractivity contribution in [3.05, 3.63) is 101 Å². The Bertz CT molecular complexity index is 1300. The normalized spacial score (nSPS) is 11.4. The lowest BCUT2D eigenvalue weighted by molar-refractivity contribution is 0.0994. The van der Waals surface area contributed by atoms with Crippen molar-refractivity contribution in [2.75, 3.05) is 5.32 Å². The summed E-state index contributed by atoms with van der Waals surface area (Å²) in [6.07, 6.45) is 1.57. The first-order chi connectivity index (χ1) is 14.9. The Labute approximate surface area is 184 Å². The number of nitrogens with zero attached hydrogens (tertiary/aromatic N) is 2. The molecule has 0 aliphatic rings. The molecule has 0 aliphatic heterocycles. The fraction of sp³-hybridized carbons (Fsp3) is 0.0909. The number of carbonyl (C=O) groups is 1. The number of halogens is 1. The molecule has 0 spiro atoms. The van der Waals surface area contributed by atoms with Crippen LogP contribution in [-0.2, 0) is 22.1 Å². The molecule has 0 aliphatic carbocycles. The van der Waals surface area contributed by atoms with E-state index in [0.29, 0.717) is 17.4 Å². The summed E-state index contributed by atoms with van der Waals surface area (Å²) in [7, 11) is -3.57. The van der Waals surface area contributed by atoms with Gasteiger partial charge in [0.1, 0.15) is 17.3 Å². The number of hydrogen-bond acceptors (Lipinski definition) is 5. The number of hydrogen-bond donors (Lipinski definition) is 1. The third-order valence-electron chi connectivity index (χ3n) is 4.52. The van der Waals surface area contributed by atoms with Crippen molar-refractivity contribution in [3.63, 3.8) is 0 Å². The van der Waals surface area contributed by atoms with Crippen molar-refractivity contribution in [2.24, 2.45) is 0 Å². The zero-order valence-corrected chi connectivity index (χ0v) is 17.8. The van der Waals surface area contributed by atoms with E-state index in [2.05, 4.69) is 10.4 Å². The third kappa shape index (κ3) is 5.04. The van der Waals surface area contributed by atoms with Crippen molar-refractivity contribution in [1.29, 1.82) is 0 Å². The molecule has 1 amide bonds. The van der Waals surface area contributed by atoms with Gasteiger partial charge in [0.15, 0.2) is 15.6 Å². The molecule has 31 heavy (non-hydrogen) atoms. The highest BCUT2D eigenvalue weighted by Gasteiger charge is 2.20. The molecule has 2 aromatic carbocycles. The average Bonchev–Trinajstić information content (AvgIpc) is 3.40. The molecule has 0 unspecified atom stereocenters. The largest absolute Gasteiger partial charge is 0.455 e. The Morgan fingerprint density at radius 1 is 1.00 bits per heavy atom. The maximum absolute atomic E-state index is 12.6. The second-order valence-corrected chi connectivity index (χ2v) is 9.22.